The molecule has 0 aromatic rings. The van der Waals surface area contributed by atoms with E-state index >= 15 is 0 Å². The van der Waals surface area contributed by atoms with E-state index in [-0.39, 0.29) is 53.6 Å². The van der Waals surface area contributed by atoms with Crippen molar-refractivity contribution in [3.8, 4) is 0 Å². The Balaban J connectivity index is 1.30. The molecule has 2 N–H and O–H groups in total. The summed E-state index contributed by atoms with van der Waals surface area (Å²) in [5.74, 6) is 1.26. The Morgan fingerprint density at radius 3 is 2.15 bits per heavy atom. The summed E-state index contributed by atoms with van der Waals surface area (Å²) < 4.78 is 96.8. The SMILES string of the molecule is CCCC12OC3CC4C5CCC6CC(OS(=O)(=O)O)C(OS(=O)(=O)O)CC6(C)C5CCC4(C)C3C(C)(O1)C(CC(CC)C(C)C)O2. The van der Waals surface area contributed by atoms with Crippen LogP contribution in [0.1, 0.15) is 119 Å². The Bertz CT molecular complexity index is 1370. The van der Waals surface area contributed by atoms with E-state index in [1.165, 1.54) is 0 Å². The van der Waals surface area contributed by atoms with Gasteiger partial charge in [0.05, 0.1) is 12.2 Å². The smallest absolute Gasteiger partial charge is 0.324 e. The zero-order chi connectivity index (χ0) is 33.7. The molecule has 4 aliphatic carbocycles. The van der Waals surface area contributed by atoms with E-state index in [4.69, 9.17) is 22.6 Å². The summed E-state index contributed by atoms with van der Waals surface area (Å²) in [5, 5.41) is 0. The predicted octanol–water partition coefficient (Wildman–Crippen LogP) is 6.34. The van der Waals surface area contributed by atoms with Gasteiger partial charge in [-0.1, -0.05) is 48.0 Å². The van der Waals surface area contributed by atoms with Gasteiger partial charge in [-0.25, -0.2) is 8.37 Å². The van der Waals surface area contributed by atoms with E-state index in [1.54, 1.807) is 0 Å². The van der Waals surface area contributed by atoms with Crippen molar-refractivity contribution in [2.45, 2.75) is 155 Å². The summed E-state index contributed by atoms with van der Waals surface area (Å²) in [5.41, 5.74) is -0.881. The second kappa shape index (κ2) is 11.9. The Hall–Kier alpha value is -0.380. The Labute approximate surface area is 276 Å². The van der Waals surface area contributed by atoms with Gasteiger partial charge in [0.25, 0.3) is 5.97 Å². The van der Waals surface area contributed by atoms with Crippen molar-refractivity contribution in [2.24, 2.45) is 52.3 Å². The van der Waals surface area contributed by atoms with Gasteiger partial charge >= 0.3 is 20.8 Å². The van der Waals surface area contributed by atoms with Crippen molar-refractivity contribution in [1.82, 2.24) is 0 Å². The van der Waals surface area contributed by atoms with Gasteiger partial charge in [0, 0.05) is 12.3 Å². The average Bonchev–Trinajstić information content (AvgIpc) is 3.33. The van der Waals surface area contributed by atoms with Crippen molar-refractivity contribution in [2.75, 3.05) is 0 Å². The third-order valence-corrected chi connectivity index (χ3v) is 14.9. The number of ether oxygens (including phenoxy) is 3. The molecule has 6 aliphatic rings. The van der Waals surface area contributed by atoms with Crippen LogP contribution in [0.5, 0.6) is 0 Å². The highest BCUT2D eigenvalue weighted by atomic mass is 32.3. The molecule has 11 nitrogen and oxygen atoms in total. The summed E-state index contributed by atoms with van der Waals surface area (Å²) >= 11 is 0. The molecule has 0 spiro atoms. The van der Waals surface area contributed by atoms with Crippen LogP contribution < -0.4 is 0 Å². The van der Waals surface area contributed by atoms with Gasteiger partial charge in [-0.3, -0.25) is 9.11 Å². The maximum Gasteiger partial charge on any atom is 0.397 e. The van der Waals surface area contributed by atoms with E-state index in [9.17, 15) is 25.9 Å². The van der Waals surface area contributed by atoms with Crippen LogP contribution >= 0.6 is 0 Å². The molecule has 0 radical (unpaired) electrons. The van der Waals surface area contributed by atoms with Crippen LogP contribution in [0.2, 0.25) is 0 Å². The summed E-state index contributed by atoms with van der Waals surface area (Å²) in [7, 11) is -9.74. The van der Waals surface area contributed by atoms with E-state index in [1.807, 2.05) is 0 Å². The molecule has 0 aromatic carbocycles. The van der Waals surface area contributed by atoms with Gasteiger partial charge in [-0.2, -0.15) is 16.8 Å². The number of fused-ring (bicyclic) bond motifs is 10. The van der Waals surface area contributed by atoms with E-state index < -0.39 is 44.6 Å². The third-order valence-electron chi connectivity index (χ3n) is 14.0. The summed E-state index contributed by atoms with van der Waals surface area (Å²) in [6.45, 7) is 15.9. The zero-order valence-electron chi connectivity index (χ0n) is 28.5. The van der Waals surface area contributed by atoms with E-state index in [2.05, 4.69) is 48.5 Å². The minimum absolute atomic E-state index is 0.0169. The molecule has 6 rings (SSSR count). The first-order chi connectivity index (χ1) is 21.3. The van der Waals surface area contributed by atoms with Gasteiger partial charge in [-0.15, -0.1) is 0 Å². The molecule has 2 heterocycles. The van der Waals surface area contributed by atoms with Crippen molar-refractivity contribution < 1.29 is 48.5 Å². The molecule has 14 unspecified atom stereocenters. The lowest BCUT2D eigenvalue weighted by Gasteiger charge is -2.62. The highest BCUT2D eigenvalue weighted by Crippen LogP contribution is 2.72. The molecule has 14 atom stereocenters. The van der Waals surface area contributed by atoms with Gasteiger partial charge in [0.15, 0.2) is 0 Å². The Morgan fingerprint density at radius 1 is 0.870 bits per heavy atom. The number of hydrogen-bond donors (Lipinski definition) is 2. The van der Waals surface area contributed by atoms with Crippen molar-refractivity contribution >= 4 is 20.8 Å². The maximum atomic E-state index is 11.8. The molecular formula is C33H56O11S2. The van der Waals surface area contributed by atoms with E-state index in [0.29, 0.717) is 30.1 Å². The Kier molecular flexibility index (Phi) is 9.14. The van der Waals surface area contributed by atoms with Crippen LogP contribution in [0, 0.1) is 52.3 Å². The van der Waals surface area contributed by atoms with Gasteiger partial charge in [0.1, 0.15) is 17.8 Å². The first-order valence-corrected chi connectivity index (χ1v) is 20.4. The molecule has 46 heavy (non-hydrogen) atoms. The highest BCUT2D eigenvalue weighted by Gasteiger charge is 2.74. The quantitative estimate of drug-likeness (QED) is 0.247. The fraction of sp³-hybridized carbons (Fsp3) is 1.00. The lowest BCUT2D eigenvalue weighted by atomic mass is 9.44. The second-order valence-corrected chi connectivity index (χ2v) is 18.7. The first kappa shape index (κ1) is 35.4. The maximum absolute atomic E-state index is 11.8. The molecular weight excluding hydrogens is 636 g/mol. The number of hydrogen-bond acceptors (Lipinski definition) is 9. The summed E-state index contributed by atoms with van der Waals surface area (Å²) in [4.78, 5) is 0. The standard InChI is InChI=1S/C33H56O11S2/c1-8-13-33-40-26-17-24-22-11-10-21-16-25(42-45(34,35)36)27(43-46(37,38)39)18-31(21,6)23(22)12-14-30(24,5)29(26)32(7,44-33)28(41-33)15-20(9-2)19(3)4/h19-29H,8-18H2,1-7H3,(H,34,35,36)(H,37,38,39). The Morgan fingerprint density at radius 2 is 1.54 bits per heavy atom. The molecule has 2 bridgehead atoms. The van der Waals surface area contributed by atoms with Crippen LogP contribution in [-0.2, 0) is 43.4 Å². The third kappa shape index (κ3) is 5.93. The topological polar surface area (TPSA) is 155 Å². The predicted molar refractivity (Wildman–Crippen MR) is 169 cm³/mol. The lowest BCUT2D eigenvalue weighted by Crippen LogP contribution is -2.61. The molecule has 266 valence electrons. The average molecular weight is 693 g/mol. The minimum Gasteiger partial charge on any atom is -0.324 e. The fourth-order valence-corrected chi connectivity index (χ4v) is 13.1. The highest BCUT2D eigenvalue weighted by molar-refractivity contribution is 7.81. The van der Waals surface area contributed by atoms with Crippen molar-refractivity contribution in [3.05, 3.63) is 0 Å². The number of rotatable bonds is 10. The van der Waals surface area contributed by atoms with Gasteiger partial charge in [-0.05, 0) is 111 Å². The first-order valence-electron chi connectivity index (χ1n) is 17.6. The molecule has 2 aliphatic heterocycles. The van der Waals surface area contributed by atoms with E-state index in [0.717, 1.165) is 51.4 Å². The van der Waals surface area contributed by atoms with Crippen LogP contribution in [0.4, 0.5) is 0 Å². The molecule has 0 amide bonds. The van der Waals surface area contributed by atoms with Gasteiger partial charge < -0.3 is 14.2 Å². The van der Waals surface area contributed by atoms with Crippen LogP contribution in [0.25, 0.3) is 0 Å². The van der Waals surface area contributed by atoms with Crippen LogP contribution in [0.3, 0.4) is 0 Å². The molecule has 6 fully saturated rings. The van der Waals surface area contributed by atoms with Crippen molar-refractivity contribution in [1.29, 1.82) is 0 Å². The molecule has 4 saturated carbocycles. The molecule has 13 heteroatoms. The summed E-state index contributed by atoms with van der Waals surface area (Å²) in [6, 6.07) is 0. The summed E-state index contributed by atoms with van der Waals surface area (Å²) in [6.07, 6.45) is 6.17. The zero-order valence-corrected chi connectivity index (χ0v) is 30.1. The minimum atomic E-state index is -4.89. The normalized spacial score (nSPS) is 49.2. The monoisotopic (exact) mass is 692 g/mol. The van der Waals surface area contributed by atoms with Crippen LogP contribution in [-0.4, -0.2) is 61.9 Å². The van der Waals surface area contributed by atoms with Crippen LogP contribution in [0.15, 0.2) is 0 Å². The molecule has 2 saturated heterocycles. The largest absolute Gasteiger partial charge is 0.397 e. The fourth-order valence-electron chi connectivity index (χ4n) is 12.1. The molecule has 0 aromatic heterocycles. The lowest BCUT2D eigenvalue weighted by molar-refractivity contribution is -0.403. The second-order valence-electron chi connectivity index (χ2n) is 16.6. The van der Waals surface area contributed by atoms with Crippen molar-refractivity contribution in [3.63, 3.8) is 0 Å². The van der Waals surface area contributed by atoms with Gasteiger partial charge in [0.2, 0.25) is 0 Å².